The Morgan fingerprint density at radius 1 is 0.824 bits per heavy atom. The third kappa shape index (κ3) is 5.39. The van der Waals surface area contributed by atoms with Crippen LogP contribution in [-0.4, -0.2) is 25.8 Å². The van der Waals surface area contributed by atoms with Gasteiger partial charge in [-0.3, -0.25) is 0 Å². The highest BCUT2D eigenvalue weighted by Crippen LogP contribution is 2.26. The first kappa shape index (κ1) is 13.4. The van der Waals surface area contributed by atoms with Crippen molar-refractivity contribution in [3.63, 3.8) is 0 Å². The predicted molar refractivity (Wildman–Crippen MR) is 72.3 cm³/mol. The lowest BCUT2D eigenvalue weighted by atomic mass is 9.87. The average Bonchev–Trinajstić information content (AvgIpc) is 2.41. The van der Waals surface area contributed by atoms with Crippen molar-refractivity contribution in [1.29, 1.82) is 0 Å². The standard InChI is InChI=1S/C15H29NO/c1-2-6-14(7-3-1)9-12-17-13-10-15-8-4-5-11-16-15/h14-16H,1-13H2. The highest BCUT2D eigenvalue weighted by atomic mass is 16.5. The molecule has 1 aliphatic carbocycles. The Hall–Kier alpha value is -0.0800. The second-order valence-electron chi connectivity index (χ2n) is 5.84. The lowest BCUT2D eigenvalue weighted by molar-refractivity contribution is 0.103. The molecule has 100 valence electrons. The van der Waals surface area contributed by atoms with Gasteiger partial charge in [0.1, 0.15) is 0 Å². The van der Waals surface area contributed by atoms with Crippen LogP contribution < -0.4 is 5.32 Å². The third-order valence-electron chi connectivity index (χ3n) is 4.42. The maximum Gasteiger partial charge on any atom is 0.0480 e. The molecule has 2 fully saturated rings. The number of ether oxygens (including phenoxy) is 1. The summed E-state index contributed by atoms with van der Waals surface area (Å²) in [4.78, 5) is 0. The van der Waals surface area contributed by atoms with Crippen LogP contribution in [0.15, 0.2) is 0 Å². The monoisotopic (exact) mass is 239 g/mol. The normalized spacial score (nSPS) is 27.2. The molecule has 1 saturated heterocycles. The Morgan fingerprint density at radius 2 is 1.59 bits per heavy atom. The fourth-order valence-electron chi connectivity index (χ4n) is 3.22. The van der Waals surface area contributed by atoms with Gasteiger partial charge in [0, 0.05) is 19.3 Å². The molecule has 0 amide bonds. The van der Waals surface area contributed by atoms with E-state index in [4.69, 9.17) is 4.74 Å². The summed E-state index contributed by atoms with van der Waals surface area (Å²) in [6.07, 6.45) is 13.9. The smallest absolute Gasteiger partial charge is 0.0480 e. The first-order valence-electron chi connectivity index (χ1n) is 7.76. The summed E-state index contributed by atoms with van der Waals surface area (Å²) in [6.45, 7) is 3.18. The summed E-state index contributed by atoms with van der Waals surface area (Å²) in [5.74, 6) is 0.969. The molecule has 1 atom stereocenters. The number of piperidine rings is 1. The largest absolute Gasteiger partial charge is 0.381 e. The molecule has 0 aromatic rings. The molecule has 1 unspecified atom stereocenters. The zero-order valence-corrected chi connectivity index (χ0v) is 11.3. The van der Waals surface area contributed by atoms with Crippen LogP contribution in [0.4, 0.5) is 0 Å². The van der Waals surface area contributed by atoms with E-state index in [9.17, 15) is 0 Å². The fraction of sp³-hybridized carbons (Fsp3) is 1.00. The number of hydrogen-bond donors (Lipinski definition) is 1. The Bertz CT molecular complexity index is 163. The van der Waals surface area contributed by atoms with E-state index in [0.29, 0.717) is 0 Å². The average molecular weight is 239 g/mol. The number of hydrogen-bond acceptors (Lipinski definition) is 2. The predicted octanol–water partition coefficient (Wildman–Crippen LogP) is 3.51. The van der Waals surface area contributed by atoms with E-state index in [1.165, 1.54) is 70.8 Å². The van der Waals surface area contributed by atoms with Crippen molar-refractivity contribution in [2.45, 2.75) is 70.3 Å². The summed E-state index contributed by atoms with van der Waals surface area (Å²) in [5, 5.41) is 3.58. The summed E-state index contributed by atoms with van der Waals surface area (Å²) < 4.78 is 5.80. The molecule has 1 heterocycles. The molecule has 1 aliphatic heterocycles. The van der Waals surface area contributed by atoms with Gasteiger partial charge in [0.05, 0.1) is 0 Å². The first-order chi connectivity index (χ1) is 8.45. The van der Waals surface area contributed by atoms with Crippen molar-refractivity contribution >= 4 is 0 Å². The van der Waals surface area contributed by atoms with E-state index in [0.717, 1.165) is 25.2 Å². The molecule has 1 saturated carbocycles. The van der Waals surface area contributed by atoms with Crippen molar-refractivity contribution in [3.05, 3.63) is 0 Å². The van der Waals surface area contributed by atoms with Gasteiger partial charge in [-0.2, -0.15) is 0 Å². The maximum absolute atomic E-state index is 5.80. The van der Waals surface area contributed by atoms with Gasteiger partial charge in [0.15, 0.2) is 0 Å². The van der Waals surface area contributed by atoms with Crippen molar-refractivity contribution in [1.82, 2.24) is 5.32 Å². The minimum atomic E-state index is 0.735. The molecule has 2 nitrogen and oxygen atoms in total. The minimum absolute atomic E-state index is 0.735. The lowest BCUT2D eigenvalue weighted by Gasteiger charge is -2.24. The molecular formula is C15H29NO. The highest BCUT2D eigenvalue weighted by molar-refractivity contribution is 4.71. The van der Waals surface area contributed by atoms with Crippen molar-refractivity contribution in [3.8, 4) is 0 Å². The van der Waals surface area contributed by atoms with Gasteiger partial charge in [0.2, 0.25) is 0 Å². The molecule has 0 bridgehead atoms. The molecule has 2 heteroatoms. The molecule has 1 N–H and O–H groups in total. The van der Waals surface area contributed by atoms with E-state index in [1.807, 2.05) is 0 Å². The van der Waals surface area contributed by atoms with Crippen LogP contribution in [0, 0.1) is 5.92 Å². The van der Waals surface area contributed by atoms with Gasteiger partial charge in [0.25, 0.3) is 0 Å². The van der Waals surface area contributed by atoms with Gasteiger partial charge in [-0.15, -0.1) is 0 Å². The Labute approximate surface area is 107 Å². The summed E-state index contributed by atoms with van der Waals surface area (Å²) >= 11 is 0. The molecule has 2 rings (SSSR count). The van der Waals surface area contributed by atoms with Crippen LogP contribution in [0.1, 0.15) is 64.2 Å². The van der Waals surface area contributed by atoms with Crippen molar-refractivity contribution in [2.75, 3.05) is 19.8 Å². The van der Waals surface area contributed by atoms with Gasteiger partial charge in [-0.05, 0) is 38.1 Å². The Morgan fingerprint density at radius 3 is 2.35 bits per heavy atom. The minimum Gasteiger partial charge on any atom is -0.381 e. The number of rotatable bonds is 6. The van der Waals surface area contributed by atoms with Gasteiger partial charge in [-0.1, -0.05) is 38.5 Å². The lowest BCUT2D eigenvalue weighted by Crippen LogP contribution is -2.34. The Balaban J connectivity index is 1.42. The zero-order chi connectivity index (χ0) is 11.8. The topological polar surface area (TPSA) is 21.3 Å². The Kier molecular flexibility index (Phi) is 6.36. The van der Waals surface area contributed by atoms with Gasteiger partial charge >= 0.3 is 0 Å². The van der Waals surface area contributed by atoms with Crippen LogP contribution in [0.3, 0.4) is 0 Å². The van der Waals surface area contributed by atoms with Crippen LogP contribution in [0.5, 0.6) is 0 Å². The second kappa shape index (κ2) is 8.10. The van der Waals surface area contributed by atoms with Gasteiger partial charge < -0.3 is 10.1 Å². The van der Waals surface area contributed by atoms with E-state index >= 15 is 0 Å². The number of nitrogens with one attached hydrogen (secondary N) is 1. The molecule has 0 aromatic carbocycles. The van der Waals surface area contributed by atoms with Gasteiger partial charge in [-0.25, -0.2) is 0 Å². The van der Waals surface area contributed by atoms with E-state index in [2.05, 4.69) is 5.32 Å². The molecule has 0 aromatic heterocycles. The summed E-state index contributed by atoms with van der Waals surface area (Å²) in [7, 11) is 0. The quantitative estimate of drug-likeness (QED) is 0.716. The van der Waals surface area contributed by atoms with Crippen LogP contribution in [-0.2, 0) is 4.74 Å². The van der Waals surface area contributed by atoms with Crippen molar-refractivity contribution in [2.24, 2.45) is 5.92 Å². The summed E-state index contributed by atoms with van der Waals surface area (Å²) in [6, 6.07) is 0.735. The second-order valence-corrected chi connectivity index (χ2v) is 5.84. The zero-order valence-electron chi connectivity index (χ0n) is 11.3. The molecule has 17 heavy (non-hydrogen) atoms. The SMILES string of the molecule is C1CCC(CCOCCC2CCCCN2)CC1. The summed E-state index contributed by atoms with van der Waals surface area (Å²) in [5.41, 5.74) is 0. The molecular weight excluding hydrogens is 210 g/mol. The third-order valence-corrected chi connectivity index (χ3v) is 4.42. The van der Waals surface area contributed by atoms with Crippen LogP contribution in [0.25, 0.3) is 0 Å². The highest BCUT2D eigenvalue weighted by Gasteiger charge is 2.14. The van der Waals surface area contributed by atoms with E-state index in [1.54, 1.807) is 0 Å². The maximum atomic E-state index is 5.80. The van der Waals surface area contributed by atoms with E-state index < -0.39 is 0 Å². The van der Waals surface area contributed by atoms with Crippen molar-refractivity contribution < 1.29 is 4.74 Å². The van der Waals surface area contributed by atoms with Crippen LogP contribution in [0.2, 0.25) is 0 Å². The first-order valence-corrected chi connectivity index (χ1v) is 7.76. The molecule has 0 spiro atoms. The van der Waals surface area contributed by atoms with E-state index in [-0.39, 0.29) is 0 Å². The van der Waals surface area contributed by atoms with Crippen LogP contribution >= 0.6 is 0 Å². The fourth-order valence-corrected chi connectivity index (χ4v) is 3.22. The molecule has 2 aliphatic rings. The molecule has 0 radical (unpaired) electrons.